The summed E-state index contributed by atoms with van der Waals surface area (Å²) in [5, 5.41) is 15.7. The van der Waals surface area contributed by atoms with Gasteiger partial charge in [0, 0.05) is 6.92 Å². The van der Waals surface area contributed by atoms with Crippen molar-refractivity contribution in [1.29, 1.82) is 5.26 Å². The predicted molar refractivity (Wildman–Crippen MR) is 60.3 cm³/mol. The second kappa shape index (κ2) is 4.80. The molecular formula is C10H8ClN5O. The van der Waals surface area contributed by atoms with Crippen molar-refractivity contribution in [2.24, 2.45) is 0 Å². The topological polar surface area (TPSA) is 87.6 Å². The van der Waals surface area contributed by atoms with Crippen molar-refractivity contribution in [3.05, 3.63) is 34.6 Å². The normalized spacial score (nSPS) is 9.94. The number of hydrogen-bond acceptors (Lipinski definition) is 6. The minimum Gasteiger partial charge on any atom is -0.363 e. The first-order valence-corrected chi connectivity index (χ1v) is 5.16. The Labute approximate surface area is 102 Å². The molecule has 0 aliphatic carbocycles. The number of nitrogens with zero attached hydrogens (tertiary/aromatic N) is 4. The molecule has 7 heteroatoms. The van der Waals surface area contributed by atoms with E-state index in [0.717, 1.165) is 0 Å². The molecule has 1 N–H and O–H groups in total. The molecule has 0 aliphatic rings. The monoisotopic (exact) mass is 249 g/mol. The van der Waals surface area contributed by atoms with Gasteiger partial charge in [-0.15, -0.1) is 0 Å². The molecule has 0 aliphatic heterocycles. The zero-order valence-electron chi connectivity index (χ0n) is 8.94. The van der Waals surface area contributed by atoms with Crippen LogP contribution in [0.4, 0.5) is 5.82 Å². The second-order valence-corrected chi connectivity index (χ2v) is 3.65. The second-order valence-electron chi connectivity index (χ2n) is 3.26. The van der Waals surface area contributed by atoms with E-state index < -0.39 is 0 Å². The summed E-state index contributed by atoms with van der Waals surface area (Å²) in [7, 11) is 0. The molecule has 0 bridgehead atoms. The first kappa shape index (κ1) is 11.4. The fourth-order valence-electron chi connectivity index (χ4n) is 1.23. The van der Waals surface area contributed by atoms with Gasteiger partial charge in [-0.2, -0.15) is 10.2 Å². The van der Waals surface area contributed by atoms with Gasteiger partial charge in [-0.25, -0.2) is 4.98 Å². The van der Waals surface area contributed by atoms with Crippen LogP contribution in [0.15, 0.2) is 16.7 Å². The highest BCUT2D eigenvalue weighted by atomic mass is 35.5. The molecule has 2 rings (SSSR count). The van der Waals surface area contributed by atoms with Crippen LogP contribution in [0.2, 0.25) is 5.15 Å². The maximum Gasteiger partial charge on any atom is 0.223 e. The fraction of sp³-hybridized carbons (Fsp3) is 0.200. The Morgan fingerprint density at radius 2 is 2.29 bits per heavy atom. The van der Waals surface area contributed by atoms with Crippen LogP contribution in [0.5, 0.6) is 0 Å². The zero-order valence-corrected chi connectivity index (χ0v) is 9.69. The quantitative estimate of drug-likeness (QED) is 0.836. The molecule has 6 nitrogen and oxygen atoms in total. The number of pyridine rings is 1. The highest BCUT2D eigenvalue weighted by molar-refractivity contribution is 6.29. The highest BCUT2D eigenvalue weighted by Crippen LogP contribution is 2.14. The van der Waals surface area contributed by atoms with Gasteiger partial charge in [0.1, 0.15) is 11.0 Å². The lowest BCUT2D eigenvalue weighted by molar-refractivity contribution is 0.388. The molecule has 0 radical (unpaired) electrons. The van der Waals surface area contributed by atoms with E-state index in [1.807, 2.05) is 6.07 Å². The summed E-state index contributed by atoms with van der Waals surface area (Å²) in [5.41, 5.74) is 0.441. The largest absolute Gasteiger partial charge is 0.363 e. The maximum atomic E-state index is 8.77. The van der Waals surface area contributed by atoms with E-state index in [1.165, 1.54) is 6.07 Å². The van der Waals surface area contributed by atoms with Crippen molar-refractivity contribution in [2.45, 2.75) is 13.5 Å². The van der Waals surface area contributed by atoms with Crippen LogP contribution in [-0.2, 0) is 6.54 Å². The summed E-state index contributed by atoms with van der Waals surface area (Å²) in [5.74, 6) is 1.51. The molecular weight excluding hydrogens is 242 g/mol. The maximum absolute atomic E-state index is 8.77. The highest BCUT2D eigenvalue weighted by Gasteiger charge is 2.04. The van der Waals surface area contributed by atoms with E-state index in [-0.39, 0.29) is 5.15 Å². The Morgan fingerprint density at radius 3 is 2.94 bits per heavy atom. The minimum atomic E-state index is 0.260. The van der Waals surface area contributed by atoms with Gasteiger partial charge in [-0.05, 0) is 12.1 Å². The minimum absolute atomic E-state index is 0.260. The molecule has 86 valence electrons. The molecule has 0 unspecified atom stereocenters. The molecule has 0 saturated carbocycles. The van der Waals surface area contributed by atoms with Crippen LogP contribution < -0.4 is 5.32 Å². The predicted octanol–water partition coefficient (Wildman–Crippen LogP) is 1.91. The summed E-state index contributed by atoms with van der Waals surface area (Å²) in [6.07, 6.45) is 0. The Hall–Kier alpha value is -2.13. The van der Waals surface area contributed by atoms with Crippen LogP contribution in [0.3, 0.4) is 0 Å². The van der Waals surface area contributed by atoms with Crippen LogP contribution in [0, 0.1) is 18.3 Å². The molecule has 0 aromatic carbocycles. The third kappa shape index (κ3) is 2.92. The number of anilines is 1. The SMILES string of the molecule is Cc1nc(CNc2cc(C#N)cc(Cl)n2)no1. The number of aryl methyl sites for hydroxylation is 1. The number of hydrogen-bond donors (Lipinski definition) is 1. The van der Waals surface area contributed by atoms with E-state index in [0.29, 0.717) is 29.6 Å². The Balaban J connectivity index is 2.09. The molecule has 2 heterocycles. The molecule has 0 saturated heterocycles. The summed E-state index contributed by atoms with van der Waals surface area (Å²) >= 11 is 5.76. The van der Waals surface area contributed by atoms with Gasteiger partial charge >= 0.3 is 0 Å². The van der Waals surface area contributed by atoms with Gasteiger partial charge in [-0.1, -0.05) is 16.8 Å². The lowest BCUT2D eigenvalue weighted by Crippen LogP contribution is -2.03. The molecule has 0 spiro atoms. The lowest BCUT2D eigenvalue weighted by Gasteiger charge is -2.03. The van der Waals surface area contributed by atoms with E-state index in [2.05, 4.69) is 20.4 Å². The number of rotatable bonds is 3. The molecule has 0 fully saturated rings. The van der Waals surface area contributed by atoms with Crippen LogP contribution in [-0.4, -0.2) is 15.1 Å². The summed E-state index contributed by atoms with van der Waals surface area (Å²) in [6, 6.07) is 5.08. The molecule has 17 heavy (non-hydrogen) atoms. The van der Waals surface area contributed by atoms with E-state index in [1.54, 1.807) is 13.0 Å². The Morgan fingerprint density at radius 1 is 1.47 bits per heavy atom. The Bertz CT molecular complexity index is 574. The third-order valence-corrected chi connectivity index (χ3v) is 2.11. The number of nitrogens with one attached hydrogen (secondary N) is 1. The summed E-state index contributed by atoms with van der Waals surface area (Å²) in [4.78, 5) is 8.05. The fourth-order valence-corrected chi connectivity index (χ4v) is 1.44. The zero-order chi connectivity index (χ0) is 12.3. The van der Waals surface area contributed by atoms with Gasteiger partial charge in [-0.3, -0.25) is 0 Å². The van der Waals surface area contributed by atoms with Crippen molar-refractivity contribution in [3.63, 3.8) is 0 Å². The van der Waals surface area contributed by atoms with Crippen LogP contribution in [0.1, 0.15) is 17.3 Å². The van der Waals surface area contributed by atoms with E-state index in [4.69, 9.17) is 21.4 Å². The third-order valence-electron chi connectivity index (χ3n) is 1.92. The van der Waals surface area contributed by atoms with Gasteiger partial charge < -0.3 is 9.84 Å². The average molecular weight is 250 g/mol. The molecule has 0 atom stereocenters. The number of aromatic nitrogens is 3. The first-order chi connectivity index (χ1) is 8.17. The van der Waals surface area contributed by atoms with Gasteiger partial charge in [0.05, 0.1) is 18.2 Å². The van der Waals surface area contributed by atoms with Crippen molar-refractivity contribution in [1.82, 2.24) is 15.1 Å². The lowest BCUT2D eigenvalue weighted by atomic mass is 10.3. The molecule has 2 aromatic rings. The summed E-state index contributed by atoms with van der Waals surface area (Å²) < 4.78 is 4.82. The number of halogens is 1. The van der Waals surface area contributed by atoms with E-state index >= 15 is 0 Å². The van der Waals surface area contributed by atoms with Crippen molar-refractivity contribution >= 4 is 17.4 Å². The smallest absolute Gasteiger partial charge is 0.223 e. The number of nitriles is 1. The first-order valence-electron chi connectivity index (χ1n) is 4.78. The van der Waals surface area contributed by atoms with Crippen molar-refractivity contribution in [3.8, 4) is 6.07 Å². The average Bonchev–Trinajstić information content (AvgIpc) is 2.72. The van der Waals surface area contributed by atoms with E-state index in [9.17, 15) is 0 Å². The standard InChI is InChI=1S/C10H8ClN5O/c1-6-14-10(16-17-6)5-13-9-3-7(4-12)2-8(11)15-9/h2-3H,5H2,1H3,(H,13,15). The van der Waals surface area contributed by atoms with Gasteiger partial charge in [0.2, 0.25) is 5.89 Å². The van der Waals surface area contributed by atoms with Gasteiger partial charge in [0.25, 0.3) is 0 Å². The molecule has 0 amide bonds. The van der Waals surface area contributed by atoms with Crippen LogP contribution in [0.25, 0.3) is 0 Å². The van der Waals surface area contributed by atoms with Crippen LogP contribution >= 0.6 is 11.6 Å². The van der Waals surface area contributed by atoms with Crippen molar-refractivity contribution < 1.29 is 4.52 Å². The van der Waals surface area contributed by atoms with Crippen molar-refractivity contribution in [2.75, 3.05) is 5.32 Å². The molecule has 2 aromatic heterocycles. The van der Waals surface area contributed by atoms with Gasteiger partial charge in [0.15, 0.2) is 5.82 Å². The Kier molecular flexibility index (Phi) is 3.21. The summed E-state index contributed by atoms with van der Waals surface area (Å²) in [6.45, 7) is 2.07.